The van der Waals surface area contributed by atoms with Crippen LogP contribution in [0.2, 0.25) is 0 Å². The van der Waals surface area contributed by atoms with Gasteiger partial charge in [-0.3, -0.25) is 20.4 Å². The Morgan fingerprint density at radius 3 is 2.42 bits per heavy atom. The first-order chi connectivity index (χ1) is 11.7. The molecule has 0 unspecified atom stereocenters. The van der Waals surface area contributed by atoms with Crippen molar-refractivity contribution in [3.05, 3.63) is 71.8 Å². The molecule has 2 aromatic carbocycles. The van der Waals surface area contributed by atoms with Crippen LogP contribution < -0.4 is 15.6 Å². The second-order valence-corrected chi connectivity index (χ2v) is 4.71. The van der Waals surface area contributed by atoms with Gasteiger partial charge in [0.15, 0.2) is 6.61 Å². The summed E-state index contributed by atoms with van der Waals surface area (Å²) in [6.45, 7) is -0.255. The molecule has 24 heavy (non-hydrogen) atoms. The van der Waals surface area contributed by atoms with E-state index in [9.17, 15) is 9.59 Å². The maximum atomic E-state index is 11.6. The monoisotopic (exact) mass is 321 g/mol. The van der Waals surface area contributed by atoms with Crippen LogP contribution in [0.1, 0.15) is 11.1 Å². The van der Waals surface area contributed by atoms with E-state index in [1.165, 1.54) is 6.08 Å². The Morgan fingerprint density at radius 2 is 1.75 bits per heavy atom. The zero-order valence-electron chi connectivity index (χ0n) is 12.7. The molecule has 0 heterocycles. The summed E-state index contributed by atoms with van der Waals surface area (Å²) in [5.74, 6) is -0.495. The molecule has 2 rings (SSSR count). The normalized spacial score (nSPS) is 9.96. The summed E-state index contributed by atoms with van der Waals surface area (Å²) >= 11 is 0. The van der Waals surface area contributed by atoms with E-state index in [0.717, 1.165) is 5.56 Å². The molecular weight excluding hydrogens is 306 g/mol. The summed E-state index contributed by atoms with van der Waals surface area (Å²) in [5, 5.41) is 8.68. The molecule has 0 spiro atoms. The number of carbonyl (C=O) groups excluding carboxylic acids is 2. The molecule has 2 amide bonds. The standard InChI is InChI=1S/C18H15N3O3/c19-12-15-6-9-16(10-7-15)24-13-18(23)21-20-17(22)11-8-14-4-2-1-3-5-14/h1-11H,13H2,(H,20,22)(H,21,23)/b11-8+. The van der Waals surface area contributed by atoms with Gasteiger partial charge in [0, 0.05) is 6.08 Å². The van der Waals surface area contributed by atoms with Gasteiger partial charge in [-0.15, -0.1) is 0 Å². The molecule has 0 aliphatic carbocycles. The van der Waals surface area contributed by atoms with E-state index in [-0.39, 0.29) is 6.61 Å². The Bertz CT molecular complexity index is 762. The SMILES string of the molecule is N#Cc1ccc(OCC(=O)NNC(=O)/C=C/c2ccccc2)cc1. The van der Waals surface area contributed by atoms with Crippen molar-refractivity contribution in [1.29, 1.82) is 5.26 Å². The van der Waals surface area contributed by atoms with Crippen LogP contribution in [0.3, 0.4) is 0 Å². The second kappa shape index (κ2) is 8.76. The zero-order valence-corrected chi connectivity index (χ0v) is 12.7. The molecule has 6 heteroatoms. The predicted octanol–water partition coefficient (Wildman–Crippen LogP) is 1.80. The Morgan fingerprint density at radius 1 is 1.04 bits per heavy atom. The van der Waals surface area contributed by atoms with Crippen molar-refractivity contribution in [3.8, 4) is 11.8 Å². The summed E-state index contributed by atoms with van der Waals surface area (Å²) < 4.78 is 5.24. The van der Waals surface area contributed by atoms with Crippen LogP contribution in [0, 0.1) is 11.3 Å². The smallest absolute Gasteiger partial charge is 0.276 e. The Hall–Kier alpha value is -3.59. The maximum absolute atomic E-state index is 11.6. The second-order valence-electron chi connectivity index (χ2n) is 4.71. The molecule has 6 nitrogen and oxygen atoms in total. The van der Waals surface area contributed by atoms with Gasteiger partial charge in [-0.25, -0.2) is 0 Å². The van der Waals surface area contributed by atoms with Crippen molar-refractivity contribution in [2.24, 2.45) is 0 Å². The Kier molecular flexibility index (Phi) is 6.12. The first-order valence-corrected chi connectivity index (χ1v) is 7.12. The molecule has 0 saturated carbocycles. The Labute approximate surface area is 139 Å². The molecule has 0 bridgehead atoms. The highest BCUT2D eigenvalue weighted by molar-refractivity contribution is 5.93. The van der Waals surface area contributed by atoms with Gasteiger partial charge < -0.3 is 4.74 Å². The molecule has 0 aliphatic heterocycles. The quantitative estimate of drug-likeness (QED) is 0.649. The lowest BCUT2D eigenvalue weighted by Gasteiger charge is -2.07. The van der Waals surface area contributed by atoms with Crippen LogP contribution in [0.15, 0.2) is 60.7 Å². The van der Waals surface area contributed by atoms with E-state index in [4.69, 9.17) is 10.00 Å². The third kappa shape index (κ3) is 5.66. The van der Waals surface area contributed by atoms with Crippen LogP contribution >= 0.6 is 0 Å². The van der Waals surface area contributed by atoms with E-state index >= 15 is 0 Å². The van der Waals surface area contributed by atoms with Gasteiger partial charge in [-0.1, -0.05) is 30.3 Å². The van der Waals surface area contributed by atoms with E-state index in [2.05, 4.69) is 10.9 Å². The van der Waals surface area contributed by atoms with Crippen LogP contribution in [0.25, 0.3) is 6.08 Å². The summed E-state index contributed by atoms with van der Waals surface area (Å²) in [4.78, 5) is 23.2. The molecule has 0 saturated heterocycles. The topological polar surface area (TPSA) is 91.2 Å². The molecule has 2 aromatic rings. The Balaban J connectivity index is 1.71. The average Bonchev–Trinajstić information content (AvgIpc) is 2.64. The van der Waals surface area contributed by atoms with Crippen LogP contribution in [0.5, 0.6) is 5.75 Å². The molecule has 0 atom stereocenters. The highest BCUT2D eigenvalue weighted by Crippen LogP contribution is 2.11. The number of hydrogen-bond donors (Lipinski definition) is 2. The first-order valence-electron chi connectivity index (χ1n) is 7.12. The first kappa shape index (κ1) is 16.8. The maximum Gasteiger partial charge on any atom is 0.276 e. The number of nitrogens with zero attached hydrogens (tertiary/aromatic N) is 1. The van der Waals surface area contributed by atoms with Gasteiger partial charge in [0.05, 0.1) is 11.6 Å². The number of nitriles is 1. The average molecular weight is 321 g/mol. The van der Waals surface area contributed by atoms with Gasteiger partial charge in [0.2, 0.25) is 0 Å². The third-order valence-corrected chi connectivity index (χ3v) is 2.91. The van der Waals surface area contributed by atoms with E-state index in [1.54, 1.807) is 30.3 Å². The number of carbonyl (C=O) groups is 2. The zero-order chi connectivity index (χ0) is 17.2. The van der Waals surface area contributed by atoms with Gasteiger partial charge in [-0.05, 0) is 35.9 Å². The van der Waals surface area contributed by atoms with Crippen LogP contribution in [-0.4, -0.2) is 18.4 Å². The summed E-state index contributed by atoms with van der Waals surface area (Å²) in [6, 6.07) is 17.7. The number of hydrogen-bond acceptors (Lipinski definition) is 4. The summed E-state index contributed by atoms with van der Waals surface area (Å²) in [6.07, 6.45) is 2.95. The molecule has 2 N–H and O–H groups in total. The minimum absolute atomic E-state index is 0.255. The number of benzene rings is 2. The highest BCUT2D eigenvalue weighted by Gasteiger charge is 2.04. The minimum Gasteiger partial charge on any atom is -0.484 e. The molecular formula is C18H15N3O3. The molecule has 0 fully saturated rings. The van der Waals surface area contributed by atoms with Gasteiger partial charge in [-0.2, -0.15) is 5.26 Å². The van der Waals surface area contributed by atoms with Crippen molar-refractivity contribution in [3.63, 3.8) is 0 Å². The van der Waals surface area contributed by atoms with Gasteiger partial charge in [0.25, 0.3) is 11.8 Å². The fourth-order valence-corrected chi connectivity index (χ4v) is 1.72. The summed E-state index contributed by atoms with van der Waals surface area (Å²) in [7, 11) is 0. The largest absolute Gasteiger partial charge is 0.484 e. The van der Waals surface area contributed by atoms with Gasteiger partial charge >= 0.3 is 0 Å². The van der Waals surface area contributed by atoms with E-state index < -0.39 is 11.8 Å². The number of ether oxygens (including phenoxy) is 1. The number of hydrazine groups is 1. The lowest BCUT2D eigenvalue weighted by atomic mass is 10.2. The lowest BCUT2D eigenvalue weighted by Crippen LogP contribution is -2.43. The van der Waals surface area contributed by atoms with Crippen LogP contribution in [0.4, 0.5) is 0 Å². The number of amides is 2. The van der Waals surface area contributed by atoms with Crippen molar-refractivity contribution >= 4 is 17.9 Å². The van der Waals surface area contributed by atoms with E-state index in [0.29, 0.717) is 11.3 Å². The van der Waals surface area contributed by atoms with Crippen molar-refractivity contribution in [1.82, 2.24) is 10.9 Å². The molecule has 0 radical (unpaired) electrons. The van der Waals surface area contributed by atoms with Crippen molar-refractivity contribution in [2.75, 3.05) is 6.61 Å². The third-order valence-electron chi connectivity index (χ3n) is 2.91. The highest BCUT2D eigenvalue weighted by atomic mass is 16.5. The van der Waals surface area contributed by atoms with Crippen molar-refractivity contribution in [2.45, 2.75) is 0 Å². The molecule has 0 aromatic heterocycles. The molecule has 120 valence electrons. The van der Waals surface area contributed by atoms with E-state index in [1.807, 2.05) is 36.4 Å². The number of rotatable bonds is 5. The van der Waals surface area contributed by atoms with Crippen molar-refractivity contribution < 1.29 is 14.3 Å². The minimum atomic E-state index is -0.499. The van der Waals surface area contributed by atoms with Crippen LogP contribution in [-0.2, 0) is 9.59 Å². The predicted molar refractivity (Wildman–Crippen MR) is 88.4 cm³/mol. The molecule has 0 aliphatic rings. The fourth-order valence-electron chi connectivity index (χ4n) is 1.72. The van der Waals surface area contributed by atoms with Gasteiger partial charge in [0.1, 0.15) is 5.75 Å². The fraction of sp³-hybridized carbons (Fsp3) is 0.0556. The summed E-state index contributed by atoms with van der Waals surface area (Å²) in [5.41, 5.74) is 5.89. The number of nitrogens with one attached hydrogen (secondary N) is 2. The lowest BCUT2D eigenvalue weighted by molar-refractivity contribution is -0.128.